The van der Waals surface area contributed by atoms with Crippen LogP contribution in [0.25, 0.3) is 0 Å². The van der Waals surface area contributed by atoms with Crippen LogP contribution in [0.1, 0.15) is 36.0 Å². The fourth-order valence-electron chi connectivity index (χ4n) is 5.23. The summed E-state index contributed by atoms with van der Waals surface area (Å²) >= 11 is 6.22. The van der Waals surface area contributed by atoms with Gasteiger partial charge in [0, 0.05) is 31.0 Å². The lowest BCUT2D eigenvalue weighted by atomic mass is 9.52. The number of anilines is 1. The molecule has 2 aromatic carbocycles. The van der Waals surface area contributed by atoms with Crippen LogP contribution in [0.2, 0.25) is 5.02 Å². The molecule has 0 aliphatic heterocycles. The van der Waals surface area contributed by atoms with Gasteiger partial charge in [0.15, 0.2) is 21.5 Å². The lowest BCUT2D eigenvalue weighted by Gasteiger charge is -2.58. The summed E-state index contributed by atoms with van der Waals surface area (Å²) in [5.74, 6) is -3.98. The molecule has 2 atom stereocenters. The summed E-state index contributed by atoms with van der Waals surface area (Å²) in [5, 5.41) is 15.3. The minimum Gasteiger partial charge on any atom is -0.389 e. The number of sulfone groups is 1. The van der Waals surface area contributed by atoms with Crippen molar-refractivity contribution >= 4 is 38.9 Å². The Balaban J connectivity index is 1.47. The number of fused-ring (bicyclic) bond motifs is 2. The molecule has 3 saturated carbocycles. The Labute approximate surface area is 218 Å². The molecule has 2 aromatic rings. The van der Waals surface area contributed by atoms with Gasteiger partial charge >= 0.3 is 0 Å². The van der Waals surface area contributed by atoms with Crippen LogP contribution in [0, 0.1) is 23.5 Å². The lowest BCUT2D eigenvalue weighted by molar-refractivity contribution is -0.183. The van der Waals surface area contributed by atoms with Gasteiger partial charge in [0.25, 0.3) is 5.91 Å². The number of aliphatic hydroxyl groups is 1. The molecule has 2 bridgehead atoms. The van der Waals surface area contributed by atoms with Crippen LogP contribution in [0.15, 0.2) is 41.3 Å². The van der Waals surface area contributed by atoms with E-state index < -0.39 is 38.2 Å². The average molecular weight is 557 g/mol. The number of carbonyl (C=O) groups excluding carboxylic acids is 2. The predicted octanol–water partition coefficient (Wildman–Crippen LogP) is 3.33. The van der Waals surface area contributed by atoms with Gasteiger partial charge < -0.3 is 20.5 Å². The number of hydrogen-bond acceptors (Lipinski definition) is 6. The molecule has 0 spiro atoms. The van der Waals surface area contributed by atoms with E-state index >= 15 is 0 Å². The third-order valence-corrected chi connectivity index (χ3v) is 9.92. The van der Waals surface area contributed by atoms with E-state index in [0.29, 0.717) is 19.6 Å². The number of halogens is 3. The van der Waals surface area contributed by atoms with Crippen LogP contribution in [-0.4, -0.2) is 56.5 Å². The van der Waals surface area contributed by atoms with Crippen molar-refractivity contribution in [1.29, 1.82) is 0 Å². The van der Waals surface area contributed by atoms with Crippen molar-refractivity contribution in [2.24, 2.45) is 11.8 Å². The molecule has 0 aromatic heterocycles. The molecule has 2 amide bonds. The largest absolute Gasteiger partial charge is 0.389 e. The van der Waals surface area contributed by atoms with E-state index in [-0.39, 0.29) is 58.2 Å². The van der Waals surface area contributed by atoms with E-state index in [4.69, 9.17) is 16.3 Å². The molecule has 0 radical (unpaired) electrons. The second-order valence-electron chi connectivity index (χ2n) is 9.51. The standard InChI is InChI=1S/C25H27ClF2N2O6S/c1-36-7-6-29-23(31)13-25(33)15-9-16(25)11-18(10-15)37(34,35)22-8-14(2-4-19(22)26)24(32)30-17-3-5-20(27)21(28)12-17/h2-5,8,12,15-16,18,33H,6-7,9-11,13H2,1H3,(H,29,31)(H,30,32). The normalized spacial score (nSPS) is 24.7. The number of benzene rings is 2. The maximum Gasteiger partial charge on any atom is 0.255 e. The van der Waals surface area contributed by atoms with Gasteiger partial charge in [-0.05, 0) is 61.4 Å². The van der Waals surface area contributed by atoms with E-state index in [9.17, 15) is 31.9 Å². The summed E-state index contributed by atoms with van der Waals surface area (Å²) in [7, 11) is -2.47. The summed E-state index contributed by atoms with van der Waals surface area (Å²) in [6.07, 6.45) is 0.822. The summed E-state index contributed by atoms with van der Waals surface area (Å²) < 4.78 is 58.6. The summed E-state index contributed by atoms with van der Waals surface area (Å²) in [5.41, 5.74) is -1.29. The van der Waals surface area contributed by atoms with Crippen molar-refractivity contribution in [3.05, 3.63) is 58.6 Å². The highest BCUT2D eigenvalue weighted by Crippen LogP contribution is 2.57. The number of amides is 2. The van der Waals surface area contributed by atoms with Crippen molar-refractivity contribution in [3.63, 3.8) is 0 Å². The first-order valence-corrected chi connectivity index (χ1v) is 13.7. The second kappa shape index (κ2) is 10.6. The third kappa shape index (κ3) is 5.50. The first kappa shape index (κ1) is 27.4. The molecule has 5 rings (SSSR count). The highest BCUT2D eigenvalue weighted by molar-refractivity contribution is 7.92. The van der Waals surface area contributed by atoms with Gasteiger partial charge in [-0.1, -0.05) is 11.6 Å². The molecular weight excluding hydrogens is 530 g/mol. The van der Waals surface area contributed by atoms with Crippen molar-refractivity contribution in [2.45, 2.75) is 41.4 Å². The fraction of sp³-hybridized carbons (Fsp3) is 0.440. The van der Waals surface area contributed by atoms with Gasteiger partial charge in [0.05, 0.1) is 33.8 Å². The summed E-state index contributed by atoms with van der Waals surface area (Å²) in [4.78, 5) is 24.7. The topological polar surface area (TPSA) is 122 Å². The average Bonchev–Trinajstić information content (AvgIpc) is 2.86. The zero-order valence-corrected chi connectivity index (χ0v) is 21.5. The molecule has 8 nitrogen and oxygen atoms in total. The smallest absolute Gasteiger partial charge is 0.255 e. The lowest BCUT2D eigenvalue weighted by Crippen LogP contribution is -2.63. The first-order chi connectivity index (χ1) is 17.5. The van der Waals surface area contributed by atoms with Crippen LogP contribution in [-0.2, 0) is 19.4 Å². The summed E-state index contributed by atoms with van der Waals surface area (Å²) in [6.45, 7) is 0.659. The minimum absolute atomic E-state index is 0.00108. The van der Waals surface area contributed by atoms with Crippen molar-refractivity contribution in [1.82, 2.24) is 5.32 Å². The van der Waals surface area contributed by atoms with Gasteiger partial charge in [-0.2, -0.15) is 0 Å². The maximum atomic E-state index is 13.5. The molecule has 3 N–H and O–H groups in total. The molecule has 2 unspecified atom stereocenters. The number of ether oxygens (including phenoxy) is 1. The Morgan fingerprint density at radius 2 is 1.81 bits per heavy atom. The fourth-order valence-corrected chi connectivity index (χ4v) is 7.63. The number of rotatable bonds is 9. The van der Waals surface area contributed by atoms with Crippen molar-refractivity contribution in [3.8, 4) is 0 Å². The van der Waals surface area contributed by atoms with Gasteiger partial charge in [-0.25, -0.2) is 17.2 Å². The molecule has 3 aliphatic carbocycles. The molecule has 37 heavy (non-hydrogen) atoms. The molecule has 0 saturated heterocycles. The SMILES string of the molecule is COCCNC(=O)CC1(O)C2CC1CC(S(=O)(=O)c1cc(C(=O)Nc3ccc(F)c(F)c3)ccc1Cl)C2. The number of methoxy groups -OCH3 is 1. The Hall–Kier alpha value is -2.60. The molecule has 12 heteroatoms. The Kier molecular flexibility index (Phi) is 7.89. The number of carbonyl (C=O) groups is 2. The zero-order valence-electron chi connectivity index (χ0n) is 20.0. The molecule has 0 heterocycles. The third-order valence-electron chi connectivity index (χ3n) is 7.27. The maximum absolute atomic E-state index is 13.5. The monoisotopic (exact) mass is 556 g/mol. The van der Waals surface area contributed by atoms with E-state index in [1.165, 1.54) is 25.3 Å². The van der Waals surface area contributed by atoms with Crippen LogP contribution < -0.4 is 10.6 Å². The van der Waals surface area contributed by atoms with Crippen LogP contribution in [0.4, 0.5) is 14.5 Å². The number of hydrogen-bond donors (Lipinski definition) is 3. The summed E-state index contributed by atoms with van der Waals surface area (Å²) in [6, 6.07) is 6.63. The first-order valence-electron chi connectivity index (χ1n) is 11.7. The highest BCUT2D eigenvalue weighted by Gasteiger charge is 2.60. The second-order valence-corrected chi connectivity index (χ2v) is 12.1. The Morgan fingerprint density at radius 3 is 2.46 bits per heavy atom. The Bertz CT molecular complexity index is 1310. The zero-order chi connectivity index (χ0) is 27.0. The predicted molar refractivity (Wildman–Crippen MR) is 132 cm³/mol. The van der Waals surface area contributed by atoms with Gasteiger partial charge in [0.2, 0.25) is 5.91 Å². The van der Waals surface area contributed by atoms with Gasteiger partial charge in [0.1, 0.15) is 0 Å². The molecule has 3 aliphatic rings. The highest BCUT2D eigenvalue weighted by atomic mass is 35.5. The molecule has 3 fully saturated rings. The molecule has 200 valence electrons. The Morgan fingerprint density at radius 1 is 1.11 bits per heavy atom. The van der Waals surface area contributed by atoms with Gasteiger partial charge in [-0.3, -0.25) is 9.59 Å². The van der Waals surface area contributed by atoms with Crippen LogP contribution in [0.5, 0.6) is 0 Å². The van der Waals surface area contributed by atoms with E-state index in [2.05, 4.69) is 10.6 Å². The van der Waals surface area contributed by atoms with E-state index in [1.807, 2.05) is 0 Å². The quantitative estimate of drug-likeness (QED) is 0.407. The van der Waals surface area contributed by atoms with Crippen molar-refractivity contribution < 1.29 is 36.6 Å². The van der Waals surface area contributed by atoms with Gasteiger partial charge in [-0.15, -0.1) is 0 Å². The van der Waals surface area contributed by atoms with Crippen LogP contribution in [0.3, 0.4) is 0 Å². The van der Waals surface area contributed by atoms with Crippen molar-refractivity contribution in [2.75, 3.05) is 25.6 Å². The van der Waals surface area contributed by atoms with E-state index in [0.717, 1.165) is 18.2 Å². The molecular formula is C25H27ClF2N2O6S. The number of nitrogens with one attached hydrogen (secondary N) is 2. The minimum atomic E-state index is -3.98. The van der Waals surface area contributed by atoms with Crippen LogP contribution >= 0.6 is 11.6 Å². The van der Waals surface area contributed by atoms with E-state index in [1.54, 1.807) is 0 Å².